The Morgan fingerprint density at radius 1 is 0.468 bits per heavy atom. The molecule has 0 saturated heterocycles. The summed E-state index contributed by atoms with van der Waals surface area (Å²) in [5, 5.41) is 0. The molecule has 0 atom stereocenters. The van der Waals surface area contributed by atoms with Crippen molar-refractivity contribution >= 4 is 29.8 Å². The monoisotopic (exact) mass is 636 g/mol. The van der Waals surface area contributed by atoms with Crippen molar-refractivity contribution in [2.75, 3.05) is 0 Å². The lowest BCUT2D eigenvalue weighted by atomic mass is 9.98. The van der Waals surface area contributed by atoms with Gasteiger partial charge >= 0.3 is 29.8 Å². The van der Waals surface area contributed by atoms with E-state index in [0.717, 1.165) is 6.08 Å². The van der Waals surface area contributed by atoms with Gasteiger partial charge in [-0.05, 0) is 74.7 Å². The Labute approximate surface area is 271 Å². The Morgan fingerprint density at radius 3 is 1.21 bits per heavy atom. The quantitative estimate of drug-likeness (QED) is 0.116. The molecule has 0 bridgehead atoms. The van der Waals surface area contributed by atoms with Gasteiger partial charge in [-0.2, -0.15) is 0 Å². The van der Waals surface area contributed by atoms with E-state index in [1.807, 2.05) is 0 Å². The molecule has 0 aromatic heterocycles. The van der Waals surface area contributed by atoms with Crippen molar-refractivity contribution in [2.24, 2.45) is 0 Å². The fourth-order valence-electron chi connectivity index (χ4n) is 3.61. The predicted molar refractivity (Wildman–Crippen MR) is 175 cm³/mol. The summed E-state index contributed by atoms with van der Waals surface area (Å²) in [4.78, 5) is 61.6. The molecule has 10 heteroatoms. The number of benzene rings is 3. The van der Waals surface area contributed by atoms with Crippen molar-refractivity contribution in [3.05, 3.63) is 116 Å². The molecular weight excluding hydrogens is 604 g/mol. The van der Waals surface area contributed by atoms with E-state index < -0.39 is 29.8 Å². The second kappa shape index (κ2) is 15.1. The first-order valence-corrected chi connectivity index (χ1v) is 13.9. The summed E-state index contributed by atoms with van der Waals surface area (Å²) in [5.74, 6) is -3.89. The van der Waals surface area contributed by atoms with E-state index in [-0.39, 0.29) is 51.0 Å². The van der Waals surface area contributed by atoms with Crippen LogP contribution >= 0.6 is 0 Å². The molecule has 3 aromatic rings. The zero-order valence-electron chi connectivity index (χ0n) is 26.4. The average molecular weight is 637 g/mol. The van der Waals surface area contributed by atoms with Crippen LogP contribution in [0, 0.1) is 0 Å². The van der Waals surface area contributed by atoms with Crippen LogP contribution in [-0.2, 0) is 24.0 Å². The van der Waals surface area contributed by atoms with E-state index in [2.05, 4.69) is 32.9 Å². The SMILES string of the molecule is C=CC(=O)Oc1cc(-c2ccc(OC(=O)C(=C)C)c(OC(=O)C(=C)C)c2)ccc1-c1ccc(OC(=O)C(=C)C)c(OC(=O)C(=C)C)c1. The minimum Gasteiger partial charge on any atom is -0.423 e. The van der Waals surface area contributed by atoms with E-state index in [1.54, 1.807) is 30.3 Å². The van der Waals surface area contributed by atoms with Gasteiger partial charge in [0, 0.05) is 33.9 Å². The van der Waals surface area contributed by atoms with Crippen LogP contribution in [0.15, 0.2) is 116 Å². The predicted octanol–water partition coefficient (Wildman–Crippen LogP) is 7.04. The number of hydrogen-bond donors (Lipinski definition) is 0. The Morgan fingerprint density at radius 2 is 0.809 bits per heavy atom. The third-order valence-electron chi connectivity index (χ3n) is 6.10. The van der Waals surface area contributed by atoms with E-state index >= 15 is 0 Å². The maximum atomic E-state index is 12.4. The molecule has 0 aliphatic carbocycles. The molecule has 240 valence electrons. The molecule has 0 saturated carbocycles. The first-order chi connectivity index (χ1) is 22.1. The summed E-state index contributed by atoms with van der Waals surface area (Å²) in [6.07, 6.45) is 0.983. The van der Waals surface area contributed by atoms with Crippen molar-refractivity contribution in [3.8, 4) is 51.0 Å². The van der Waals surface area contributed by atoms with Crippen LogP contribution in [0.1, 0.15) is 27.7 Å². The maximum Gasteiger partial charge on any atom is 0.338 e. The minimum atomic E-state index is -0.762. The number of carbonyl (C=O) groups excluding carboxylic acids is 5. The summed E-state index contributed by atoms with van der Waals surface area (Å²) in [7, 11) is 0. The van der Waals surface area contributed by atoms with Crippen LogP contribution in [0.5, 0.6) is 28.7 Å². The Bertz CT molecular complexity index is 1880. The van der Waals surface area contributed by atoms with Crippen LogP contribution in [-0.4, -0.2) is 29.8 Å². The van der Waals surface area contributed by atoms with Gasteiger partial charge in [-0.15, -0.1) is 0 Å². The van der Waals surface area contributed by atoms with Gasteiger partial charge in [0.25, 0.3) is 0 Å². The first kappa shape index (κ1) is 35.2. The summed E-state index contributed by atoms with van der Waals surface area (Å²) in [6.45, 7) is 23.6. The largest absolute Gasteiger partial charge is 0.423 e. The van der Waals surface area contributed by atoms with Crippen molar-refractivity contribution in [1.29, 1.82) is 0 Å². The molecule has 10 nitrogen and oxygen atoms in total. The molecule has 3 aromatic carbocycles. The highest BCUT2D eigenvalue weighted by atomic mass is 16.6. The Kier molecular flexibility index (Phi) is 11.3. The molecule has 0 heterocycles. The molecule has 0 spiro atoms. The van der Waals surface area contributed by atoms with Crippen molar-refractivity contribution < 1.29 is 47.7 Å². The van der Waals surface area contributed by atoms with Crippen LogP contribution < -0.4 is 23.7 Å². The Balaban J connectivity index is 2.17. The summed E-state index contributed by atoms with van der Waals surface area (Å²) < 4.78 is 27.1. The molecule has 0 radical (unpaired) electrons. The molecule has 0 amide bonds. The normalized spacial score (nSPS) is 10.1. The van der Waals surface area contributed by atoms with Crippen LogP contribution in [0.3, 0.4) is 0 Å². The van der Waals surface area contributed by atoms with Gasteiger partial charge in [0.05, 0.1) is 0 Å². The number of hydrogen-bond acceptors (Lipinski definition) is 10. The molecule has 0 unspecified atom stereocenters. The molecule has 0 aliphatic rings. The van der Waals surface area contributed by atoms with Crippen molar-refractivity contribution in [1.82, 2.24) is 0 Å². The summed E-state index contributed by atoms with van der Waals surface area (Å²) in [6, 6.07) is 13.8. The number of esters is 5. The highest BCUT2D eigenvalue weighted by Gasteiger charge is 2.20. The molecule has 3 rings (SSSR count). The maximum absolute atomic E-state index is 12.4. The minimum absolute atomic E-state index is 0.0319. The fourth-order valence-corrected chi connectivity index (χ4v) is 3.61. The number of ether oxygens (including phenoxy) is 5. The first-order valence-electron chi connectivity index (χ1n) is 13.9. The standard InChI is InChI=1S/C37H32O10/c1-10-33(38)43-30-17-24(25-12-15-28(44-34(39)20(2)3)31(18-25)46-36(41)22(6)7)11-14-27(30)26-13-16-29(45-35(40)21(4)5)32(19-26)47-37(42)23(8)9/h10-19H,1-2,4,6,8H2,3,5,7,9H3. The fraction of sp³-hybridized carbons (Fsp3) is 0.108. The van der Waals surface area contributed by atoms with Gasteiger partial charge in [0.2, 0.25) is 0 Å². The molecule has 0 fully saturated rings. The molecule has 0 N–H and O–H groups in total. The van der Waals surface area contributed by atoms with E-state index in [0.29, 0.717) is 22.3 Å². The van der Waals surface area contributed by atoms with E-state index in [4.69, 9.17) is 23.7 Å². The molecule has 47 heavy (non-hydrogen) atoms. The number of carbonyl (C=O) groups is 5. The second-order valence-electron chi connectivity index (χ2n) is 10.3. The number of rotatable bonds is 12. The van der Waals surface area contributed by atoms with E-state index in [9.17, 15) is 24.0 Å². The third-order valence-corrected chi connectivity index (χ3v) is 6.10. The lowest BCUT2D eigenvalue weighted by molar-refractivity contribution is -0.132. The van der Waals surface area contributed by atoms with Crippen molar-refractivity contribution in [3.63, 3.8) is 0 Å². The zero-order valence-corrected chi connectivity index (χ0v) is 26.4. The van der Waals surface area contributed by atoms with Gasteiger partial charge in [-0.3, -0.25) is 0 Å². The summed E-state index contributed by atoms with van der Waals surface area (Å²) >= 11 is 0. The lowest BCUT2D eigenvalue weighted by Crippen LogP contribution is -2.13. The topological polar surface area (TPSA) is 132 Å². The highest BCUT2D eigenvalue weighted by molar-refractivity contribution is 5.93. The van der Waals surface area contributed by atoms with Gasteiger partial charge in [0.15, 0.2) is 23.0 Å². The van der Waals surface area contributed by atoms with Gasteiger partial charge in [0.1, 0.15) is 5.75 Å². The Hall–Kier alpha value is -6.29. The van der Waals surface area contributed by atoms with E-state index in [1.165, 1.54) is 52.0 Å². The van der Waals surface area contributed by atoms with Gasteiger partial charge in [-0.1, -0.05) is 57.2 Å². The van der Waals surface area contributed by atoms with Gasteiger partial charge < -0.3 is 23.7 Å². The lowest BCUT2D eigenvalue weighted by Gasteiger charge is -2.16. The third kappa shape index (κ3) is 9.11. The molecular formula is C37H32O10. The highest BCUT2D eigenvalue weighted by Crippen LogP contribution is 2.41. The smallest absolute Gasteiger partial charge is 0.338 e. The van der Waals surface area contributed by atoms with Crippen LogP contribution in [0.4, 0.5) is 0 Å². The van der Waals surface area contributed by atoms with Crippen LogP contribution in [0.2, 0.25) is 0 Å². The van der Waals surface area contributed by atoms with Crippen molar-refractivity contribution in [2.45, 2.75) is 27.7 Å². The van der Waals surface area contributed by atoms with Crippen LogP contribution in [0.25, 0.3) is 22.3 Å². The summed E-state index contributed by atoms with van der Waals surface area (Å²) in [5.41, 5.74) is 2.28. The zero-order chi connectivity index (χ0) is 35.0. The molecule has 0 aliphatic heterocycles. The van der Waals surface area contributed by atoms with Gasteiger partial charge in [-0.25, -0.2) is 24.0 Å². The second-order valence-corrected chi connectivity index (χ2v) is 10.3. The average Bonchev–Trinajstić information content (AvgIpc) is 3.02.